The molecule has 0 aromatic heterocycles. The molecule has 1 aromatic rings. The summed E-state index contributed by atoms with van der Waals surface area (Å²) >= 11 is 9.89. The van der Waals surface area contributed by atoms with E-state index in [1.165, 1.54) is 43.5 Å². The van der Waals surface area contributed by atoms with Gasteiger partial charge in [0.1, 0.15) is 0 Å². The molecule has 0 N–H and O–H groups in total. The van der Waals surface area contributed by atoms with Gasteiger partial charge in [-0.15, -0.1) is 0 Å². The summed E-state index contributed by atoms with van der Waals surface area (Å²) in [5, 5.41) is 1.79. The average Bonchev–Trinajstić information content (AvgIpc) is 3.18. The van der Waals surface area contributed by atoms with Crippen LogP contribution in [0.15, 0.2) is 18.2 Å². The number of hydrogen-bond donors (Lipinski definition) is 0. The molecule has 92 valence electrons. The third kappa shape index (κ3) is 2.79. The zero-order valence-electron chi connectivity index (χ0n) is 9.83. The lowest BCUT2D eigenvalue weighted by atomic mass is 10.2. The minimum Gasteiger partial charge on any atom is -0.367 e. The number of rotatable bonds is 5. The Morgan fingerprint density at radius 2 is 2.00 bits per heavy atom. The van der Waals surface area contributed by atoms with Crippen molar-refractivity contribution in [3.63, 3.8) is 0 Å². The third-order valence-electron chi connectivity index (χ3n) is 3.62. The summed E-state index contributed by atoms with van der Waals surface area (Å²) in [6.07, 6.45) is 5.48. The van der Waals surface area contributed by atoms with Gasteiger partial charge in [0.15, 0.2) is 0 Å². The molecule has 3 rings (SSSR count). The van der Waals surface area contributed by atoms with Gasteiger partial charge in [0.25, 0.3) is 0 Å². The zero-order valence-corrected chi connectivity index (χ0v) is 12.2. The van der Waals surface area contributed by atoms with Crippen molar-refractivity contribution in [2.24, 2.45) is 5.92 Å². The van der Waals surface area contributed by atoms with Crippen molar-refractivity contribution in [1.29, 1.82) is 0 Å². The average molecular weight is 315 g/mol. The molecule has 0 aliphatic heterocycles. The van der Waals surface area contributed by atoms with Crippen molar-refractivity contribution >= 4 is 33.2 Å². The van der Waals surface area contributed by atoms with Gasteiger partial charge in [-0.3, -0.25) is 0 Å². The maximum absolute atomic E-state index is 6.42. The Morgan fingerprint density at radius 3 is 2.53 bits per heavy atom. The van der Waals surface area contributed by atoms with E-state index >= 15 is 0 Å². The van der Waals surface area contributed by atoms with Crippen LogP contribution >= 0.6 is 27.5 Å². The highest BCUT2D eigenvalue weighted by molar-refractivity contribution is 9.08. The second kappa shape index (κ2) is 4.81. The van der Waals surface area contributed by atoms with Crippen LogP contribution < -0.4 is 4.90 Å². The first kappa shape index (κ1) is 11.9. The van der Waals surface area contributed by atoms with Crippen molar-refractivity contribution in [2.45, 2.75) is 37.1 Å². The largest absolute Gasteiger partial charge is 0.367 e. The standard InChI is InChI=1S/C14H17BrClN/c15-8-11-3-6-14(13(16)7-11)17(12-4-5-12)9-10-1-2-10/h3,6-7,10,12H,1-2,4-5,8-9H2. The predicted octanol–water partition coefficient (Wildman–Crippen LogP) is 4.61. The van der Waals surface area contributed by atoms with E-state index in [4.69, 9.17) is 11.6 Å². The lowest BCUT2D eigenvalue weighted by molar-refractivity contribution is 0.719. The van der Waals surface area contributed by atoms with Gasteiger partial charge in [0.05, 0.1) is 10.7 Å². The molecule has 2 aliphatic carbocycles. The van der Waals surface area contributed by atoms with Crippen molar-refractivity contribution in [2.75, 3.05) is 11.4 Å². The molecule has 0 amide bonds. The van der Waals surface area contributed by atoms with Gasteiger partial charge in [-0.25, -0.2) is 0 Å². The second-order valence-corrected chi connectivity index (χ2v) is 6.21. The molecule has 0 heterocycles. The van der Waals surface area contributed by atoms with E-state index in [0.29, 0.717) is 0 Å². The fourth-order valence-electron chi connectivity index (χ4n) is 2.28. The second-order valence-electron chi connectivity index (χ2n) is 5.25. The van der Waals surface area contributed by atoms with Gasteiger partial charge >= 0.3 is 0 Å². The Hall–Kier alpha value is -0.210. The van der Waals surface area contributed by atoms with Crippen LogP contribution in [0, 0.1) is 5.92 Å². The first-order chi connectivity index (χ1) is 8.28. The molecular formula is C14H17BrClN. The topological polar surface area (TPSA) is 3.24 Å². The number of benzene rings is 1. The Morgan fingerprint density at radius 1 is 1.24 bits per heavy atom. The monoisotopic (exact) mass is 313 g/mol. The van der Waals surface area contributed by atoms with E-state index in [1.54, 1.807) is 0 Å². The molecular weight excluding hydrogens is 298 g/mol. The Bertz CT molecular complexity index is 413. The number of nitrogens with zero attached hydrogens (tertiary/aromatic N) is 1. The van der Waals surface area contributed by atoms with Gasteiger partial charge in [0.2, 0.25) is 0 Å². The fraction of sp³-hybridized carbons (Fsp3) is 0.571. The minimum absolute atomic E-state index is 0.753. The van der Waals surface area contributed by atoms with Gasteiger partial charge in [-0.2, -0.15) is 0 Å². The van der Waals surface area contributed by atoms with E-state index in [0.717, 1.165) is 22.3 Å². The van der Waals surface area contributed by atoms with Crippen molar-refractivity contribution in [3.05, 3.63) is 28.8 Å². The van der Waals surface area contributed by atoms with E-state index < -0.39 is 0 Å². The molecule has 2 saturated carbocycles. The molecule has 3 heteroatoms. The van der Waals surface area contributed by atoms with Crippen molar-refractivity contribution < 1.29 is 0 Å². The number of hydrogen-bond acceptors (Lipinski definition) is 1. The number of halogens is 2. The summed E-state index contributed by atoms with van der Waals surface area (Å²) in [7, 11) is 0. The molecule has 0 atom stereocenters. The highest BCUT2D eigenvalue weighted by Gasteiger charge is 2.34. The molecule has 0 radical (unpaired) electrons. The zero-order chi connectivity index (χ0) is 11.8. The lowest BCUT2D eigenvalue weighted by Crippen LogP contribution is -2.28. The molecule has 1 nitrogen and oxygen atoms in total. The van der Waals surface area contributed by atoms with Gasteiger partial charge < -0.3 is 4.90 Å². The quantitative estimate of drug-likeness (QED) is 0.717. The summed E-state index contributed by atoms with van der Waals surface area (Å²) in [6.45, 7) is 1.21. The number of anilines is 1. The van der Waals surface area contributed by atoms with Crippen LogP contribution in [-0.4, -0.2) is 12.6 Å². The maximum atomic E-state index is 6.42. The molecule has 0 spiro atoms. The highest BCUT2D eigenvalue weighted by Crippen LogP contribution is 2.40. The molecule has 1 aromatic carbocycles. The van der Waals surface area contributed by atoms with Crippen LogP contribution in [0.3, 0.4) is 0 Å². The number of alkyl halides is 1. The predicted molar refractivity (Wildman–Crippen MR) is 77.2 cm³/mol. The Labute approximate surface area is 116 Å². The summed E-state index contributed by atoms with van der Waals surface area (Å²) in [5.41, 5.74) is 2.49. The maximum Gasteiger partial charge on any atom is 0.0642 e. The lowest BCUT2D eigenvalue weighted by Gasteiger charge is -2.26. The SMILES string of the molecule is Clc1cc(CBr)ccc1N(CC1CC1)C1CC1. The first-order valence-electron chi connectivity index (χ1n) is 6.39. The fourth-order valence-corrected chi connectivity index (χ4v) is 2.94. The summed E-state index contributed by atoms with van der Waals surface area (Å²) in [6, 6.07) is 7.22. The third-order valence-corrected chi connectivity index (χ3v) is 4.57. The van der Waals surface area contributed by atoms with Gasteiger partial charge in [-0.05, 0) is 49.3 Å². The van der Waals surface area contributed by atoms with Crippen molar-refractivity contribution in [3.8, 4) is 0 Å². The Balaban J connectivity index is 1.83. The van der Waals surface area contributed by atoms with E-state index in [2.05, 4.69) is 39.0 Å². The summed E-state index contributed by atoms with van der Waals surface area (Å²) < 4.78 is 0. The van der Waals surface area contributed by atoms with Crippen molar-refractivity contribution in [1.82, 2.24) is 0 Å². The molecule has 17 heavy (non-hydrogen) atoms. The smallest absolute Gasteiger partial charge is 0.0642 e. The molecule has 0 bridgehead atoms. The summed E-state index contributed by atoms with van der Waals surface area (Å²) in [4.78, 5) is 2.54. The van der Waals surface area contributed by atoms with Crippen LogP contribution in [0.4, 0.5) is 5.69 Å². The Kier molecular flexibility index (Phi) is 3.36. The molecule has 0 saturated heterocycles. The molecule has 0 unspecified atom stereocenters. The first-order valence-corrected chi connectivity index (χ1v) is 7.89. The minimum atomic E-state index is 0.753. The molecule has 2 fully saturated rings. The van der Waals surface area contributed by atoms with E-state index in [-0.39, 0.29) is 0 Å². The highest BCUT2D eigenvalue weighted by atomic mass is 79.9. The van der Waals surface area contributed by atoms with Crippen LogP contribution in [0.1, 0.15) is 31.2 Å². The van der Waals surface area contributed by atoms with Gasteiger partial charge in [0, 0.05) is 17.9 Å². The van der Waals surface area contributed by atoms with Crippen LogP contribution in [0.5, 0.6) is 0 Å². The van der Waals surface area contributed by atoms with E-state index in [1.807, 2.05) is 0 Å². The summed E-state index contributed by atoms with van der Waals surface area (Å²) in [5.74, 6) is 0.919. The normalized spacial score (nSPS) is 19.4. The van der Waals surface area contributed by atoms with Gasteiger partial charge in [-0.1, -0.05) is 33.6 Å². The molecule has 2 aliphatic rings. The van der Waals surface area contributed by atoms with Crippen LogP contribution in [-0.2, 0) is 5.33 Å². The van der Waals surface area contributed by atoms with E-state index in [9.17, 15) is 0 Å². The van der Waals surface area contributed by atoms with Crippen LogP contribution in [0.25, 0.3) is 0 Å². The van der Waals surface area contributed by atoms with Crippen LogP contribution in [0.2, 0.25) is 5.02 Å².